The van der Waals surface area contributed by atoms with Crippen LogP contribution in [0.2, 0.25) is 0 Å². The van der Waals surface area contributed by atoms with E-state index >= 15 is 0 Å². The minimum atomic E-state index is -1.29. The van der Waals surface area contributed by atoms with Crippen molar-refractivity contribution in [3.05, 3.63) is 39.4 Å². The molecule has 1 aromatic carbocycles. The topological polar surface area (TPSA) is 63.5 Å². The summed E-state index contributed by atoms with van der Waals surface area (Å²) in [5, 5.41) is 10.6. The lowest BCUT2D eigenvalue weighted by Crippen LogP contribution is -2.33. The van der Waals surface area contributed by atoms with E-state index in [4.69, 9.17) is 0 Å². The summed E-state index contributed by atoms with van der Waals surface area (Å²) in [5.74, 6) is -3.03. The van der Waals surface area contributed by atoms with Crippen LogP contribution in [-0.2, 0) is 0 Å². The third-order valence-corrected chi connectivity index (χ3v) is 2.72. The number of amides is 1. The van der Waals surface area contributed by atoms with Crippen molar-refractivity contribution in [3.8, 4) is 0 Å². The molecule has 0 aliphatic carbocycles. The summed E-state index contributed by atoms with van der Waals surface area (Å²) >= 11 is 0. The van der Waals surface area contributed by atoms with Gasteiger partial charge in [0.05, 0.1) is 16.6 Å². The molecule has 0 N–H and O–H groups in total. The van der Waals surface area contributed by atoms with E-state index in [1.54, 1.807) is 0 Å². The van der Waals surface area contributed by atoms with Gasteiger partial charge in [0.25, 0.3) is 5.91 Å². The lowest BCUT2D eigenvalue weighted by atomic mass is 10.1. The molecule has 1 rings (SSSR count). The molecule has 0 unspecified atom stereocenters. The monoisotopic (exact) mass is 286 g/mol. The molecule has 5 nitrogen and oxygen atoms in total. The zero-order valence-corrected chi connectivity index (χ0v) is 11.4. The molecule has 0 aromatic heterocycles. The quantitative estimate of drug-likeness (QED) is 0.596. The molecule has 0 bridgehead atoms. The van der Waals surface area contributed by atoms with E-state index in [1.165, 1.54) is 4.90 Å². The van der Waals surface area contributed by atoms with E-state index in [0.717, 1.165) is 0 Å². The van der Waals surface area contributed by atoms with Crippen molar-refractivity contribution >= 4 is 11.6 Å². The molecule has 0 fully saturated rings. The molecule has 20 heavy (non-hydrogen) atoms. The van der Waals surface area contributed by atoms with E-state index in [9.17, 15) is 23.7 Å². The number of nitro groups is 1. The molecule has 0 saturated carbocycles. The average Bonchev–Trinajstić information content (AvgIpc) is 2.39. The predicted molar refractivity (Wildman–Crippen MR) is 69.5 cm³/mol. The van der Waals surface area contributed by atoms with Crippen LogP contribution in [0.25, 0.3) is 0 Å². The zero-order valence-electron chi connectivity index (χ0n) is 11.4. The second kappa shape index (κ2) is 6.93. The summed E-state index contributed by atoms with van der Waals surface area (Å²) in [6, 6.07) is 1.17. The van der Waals surface area contributed by atoms with Crippen LogP contribution in [-0.4, -0.2) is 28.8 Å². The van der Waals surface area contributed by atoms with Crippen LogP contribution < -0.4 is 0 Å². The Morgan fingerprint density at radius 3 is 2.25 bits per heavy atom. The van der Waals surface area contributed by atoms with Crippen molar-refractivity contribution in [2.75, 3.05) is 13.1 Å². The van der Waals surface area contributed by atoms with Gasteiger partial charge in [-0.3, -0.25) is 14.9 Å². The molecule has 0 aliphatic heterocycles. The van der Waals surface area contributed by atoms with E-state index in [-0.39, 0.29) is 0 Å². The van der Waals surface area contributed by atoms with Crippen LogP contribution >= 0.6 is 0 Å². The Balaban J connectivity index is 3.23. The molecule has 0 heterocycles. The molecule has 7 heteroatoms. The zero-order chi connectivity index (χ0) is 15.3. The summed E-state index contributed by atoms with van der Waals surface area (Å²) in [5.41, 5.74) is -1.63. The highest BCUT2D eigenvalue weighted by molar-refractivity contribution is 5.95. The molecule has 0 saturated heterocycles. The van der Waals surface area contributed by atoms with Crippen LogP contribution in [0.4, 0.5) is 14.5 Å². The summed E-state index contributed by atoms with van der Waals surface area (Å²) in [7, 11) is 0. The van der Waals surface area contributed by atoms with Gasteiger partial charge in [0.2, 0.25) is 5.82 Å². The highest BCUT2D eigenvalue weighted by atomic mass is 19.1. The highest BCUT2D eigenvalue weighted by Gasteiger charge is 2.26. The molecule has 0 atom stereocenters. The normalized spacial score (nSPS) is 10.4. The maximum atomic E-state index is 13.9. The summed E-state index contributed by atoms with van der Waals surface area (Å²) < 4.78 is 27.3. The van der Waals surface area contributed by atoms with Crippen molar-refractivity contribution in [1.82, 2.24) is 4.90 Å². The molecule has 1 amide bonds. The Labute approximate surface area is 115 Å². The maximum absolute atomic E-state index is 13.9. The van der Waals surface area contributed by atoms with Crippen LogP contribution in [0, 0.1) is 21.7 Å². The van der Waals surface area contributed by atoms with Gasteiger partial charge in [0.15, 0.2) is 0 Å². The Morgan fingerprint density at radius 1 is 1.25 bits per heavy atom. The van der Waals surface area contributed by atoms with Crippen molar-refractivity contribution in [2.45, 2.75) is 26.7 Å². The lowest BCUT2D eigenvalue weighted by Gasteiger charge is -2.21. The Hall–Kier alpha value is -2.05. The van der Waals surface area contributed by atoms with E-state index < -0.39 is 33.7 Å². The first-order chi connectivity index (χ1) is 9.42. The molecule has 0 aliphatic rings. The van der Waals surface area contributed by atoms with Crippen LogP contribution in [0.1, 0.15) is 37.0 Å². The molecular formula is C13H16F2N2O3. The summed E-state index contributed by atoms with van der Waals surface area (Å²) in [6.07, 6.45) is 1.32. The fourth-order valence-electron chi connectivity index (χ4n) is 1.89. The fourth-order valence-corrected chi connectivity index (χ4v) is 1.89. The van der Waals surface area contributed by atoms with Gasteiger partial charge >= 0.3 is 5.69 Å². The number of hydrogen-bond acceptors (Lipinski definition) is 3. The largest absolute Gasteiger partial charge is 0.339 e. The van der Waals surface area contributed by atoms with Gasteiger partial charge in [-0.25, -0.2) is 4.39 Å². The average molecular weight is 286 g/mol. The first-order valence-corrected chi connectivity index (χ1v) is 6.35. The molecule has 110 valence electrons. The number of nitro benzene ring substituents is 1. The van der Waals surface area contributed by atoms with Crippen molar-refractivity contribution < 1.29 is 18.5 Å². The number of benzene rings is 1. The summed E-state index contributed by atoms with van der Waals surface area (Å²) in [6.45, 7) is 4.47. The van der Waals surface area contributed by atoms with Gasteiger partial charge in [-0.1, -0.05) is 13.8 Å². The van der Waals surface area contributed by atoms with Crippen LogP contribution in [0.15, 0.2) is 12.1 Å². The number of nitrogens with zero attached hydrogens (tertiary/aromatic N) is 2. The van der Waals surface area contributed by atoms with Crippen molar-refractivity contribution in [1.29, 1.82) is 0 Å². The third kappa shape index (κ3) is 3.49. The second-order valence-electron chi connectivity index (χ2n) is 4.34. The third-order valence-electron chi connectivity index (χ3n) is 2.72. The first kappa shape index (κ1) is 16.0. The first-order valence-electron chi connectivity index (χ1n) is 6.35. The van der Waals surface area contributed by atoms with E-state index in [1.807, 2.05) is 13.8 Å². The van der Waals surface area contributed by atoms with Gasteiger partial charge in [0.1, 0.15) is 5.82 Å². The van der Waals surface area contributed by atoms with E-state index in [2.05, 4.69) is 0 Å². The number of hydrogen-bond donors (Lipinski definition) is 0. The van der Waals surface area contributed by atoms with Gasteiger partial charge in [-0.2, -0.15) is 4.39 Å². The standard InChI is InChI=1S/C13H16F2N2O3/c1-3-5-16(6-4-2)13(18)10-7-9(14)8-11(12(10)15)17(19)20/h7-8H,3-6H2,1-2H3. The predicted octanol–water partition coefficient (Wildman–Crippen LogP) is 3.14. The maximum Gasteiger partial charge on any atom is 0.308 e. The Bertz CT molecular complexity index is 515. The Kier molecular flexibility index (Phi) is 5.54. The van der Waals surface area contributed by atoms with Crippen molar-refractivity contribution in [3.63, 3.8) is 0 Å². The van der Waals surface area contributed by atoms with Crippen molar-refractivity contribution in [2.24, 2.45) is 0 Å². The molecule has 0 spiro atoms. The lowest BCUT2D eigenvalue weighted by molar-refractivity contribution is -0.387. The highest BCUT2D eigenvalue weighted by Crippen LogP contribution is 2.23. The van der Waals surface area contributed by atoms with Gasteiger partial charge in [-0.05, 0) is 18.9 Å². The van der Waals surface area contributed by atoms with Crippen LogP contribution in [0.3, 0.4) is 0 Å². The number of halogens is 2. The van der Waals surface area contributed by atoms with Gasteiger partial charge in [-0.15, -0.1) is 0 Å². The minimum absolute atomic E-state index is 0.385. The molecule has 0 radical (unpaired) electrons. The summed E-state index contributed by atoms with van der Waals surface area (Å²) in [4.78, 5) is 23.1. The Morgan fingerprint density at radius 2 is 1.80 bits per heavy atom. The van der Waals surface area contributed by atoms with Gasteiger partial charge in [0, 0.05) is 13.1 Å². The van der Waals surface area contributed by atoms with E-state index in [0.29, 0.717) is 38.1 Å². The van der Waals surface area contributed by atoms with Crippen LogP contribution in [0.5, 0.6) is 0 Å². The second-order valence-corrected chi connectivity index (χ2v) is 4.34. The number of carbonyl (C=O) groups excluding carboxylic acids is 1. The fraction of sp³-hybridized carbons (Fsp3) is 0.462. The number of rotatable bonds is 6. The number of carbonyl (C=O) groups is 1. The minimum Gasteiger partial charge on any atom is -0.339 e. The SMILES string of the molecule is CCCN(CCC)C(=O)c1cc(F)cc([N+](=O)[O-])c1F. The smallest absolute Gasteiger partial charge is 0.308 e. The molecular weight excluding hydrogens is 270 g/mol. The van der Waals surface area contributed by atoms with Gasteiger partial charge < -0.3 is 4.90 Å². The molecule has 1 aromatic rings.